The number of hydrogen-bond acceptors (Lipinski definition) is 4. The van der Waals surface area contributed by atoms with Gasteiger partial charge in [-0.15, -0.1) is 0 Å². The highest BCUT2D eigenvalue weighted by Gasteiger charge is 2.54. The van der Waals surface area contributed by atoms with E-state index in [-0.39, 0.29) is 18.2 Å². The van der Waals surface area contributed by atoms with Gasteiger partial charge in [0.2, 0.25) is 10.0 Å². The number of aliphatic hydroxyl groups excluding tert-OH is 1. The summed E-state index contributed by atoms with van der Waals surface area (Å²) in [6, 6.07) is 13.8. The van der Waals surface area contributed by atoms with Gasteiger partial charge in [-0.2, -0.15) is 9.57 Å². The lowest BCUT2D eigenvalue weighted by Gasteiger charge is -2.50. The first-order chi connectivity index (χ1) is 13.4. The van der Waals surface area contributed by atoms with E-state index in [1.54, 1.807) is 42.5 Å². The van der Waals surface area contributed by atoms with Crippen LogP contribution in [0.25, 0.3) is 0 Å². The minimum Gasteiger partial charge on any atom is -0.395 e. The molecule has 0 spiro atoms. The molecule has 7 heteroatoms. The van der Waals surface area contributed by atoms with Crippen molar-refractivity contribution < 1.29 is 17.9 Å². The summed E-state index contributed by atoms with van der Waals surface area (Å²) in [4.78, 5) is 0. The molecule has 1 saturated heterocycles. The summed E-state index contributed by atoms with van der Waals surface area (Å²) in [5, 5.41) is 19.1. The van der Waals surface area contributed by atoms with Crippen LogP contribution < -0.4 is 0 Å². The van der Waals surface area contributed by atoms with Gasteiger partial charge in [0.1, 0.15) is 11.9 Å². The molecule has 28 heavy (non-hydrogen) atoms. The molecule has 1 aliphatic rings. The Labute approximate surface area is 164 Å². The Hall–Kier alpha value is -2.71. The maximum Gasteiger partial charge on any atom is 0.215 e. The van der Waals surface area contributed by atoms with E-state index in [4.69, 9.17) is 0 Å². The molecule has 0 radical (unpaired) electrons. The lowest BCUT2D eigenvalue weighted by atomic mass is 9.78. The van der Waals surface area contributed by atoms with E-state index >= 15 is 0 Å². The first-order valence-electron chi connectivity index (χ1n) is 8.81. The van der Waals surface area contributed by atoms with E-state index in [0.717, 1.165) is 9.87 Å². The molecule has 3 atom stereocenters. The molecule has 0 aliphatic carbocycles. The largest absolute Gasteiger partial charge is 0.395 e. The van der Waals surface area contributed by atoms with Crippen LogP contribution >= 0.6 is 0 Å². The number of sulfonamides is 1. The maximum atomic E-state index is 13.6. The third-order valence-electron chi connectivity index (χ3n) is 4.87. The molecule has 144 valence electrons. The minimum absolute atomic E-state index is 0.126. The Kier molecular flexibility index (Phi) is 5.81. The molecular formula is C21H19FN2O3S. The molecule has 2 aromatic rings. The average molecular weight is 398 g/mol. The van der Waals surface area contributed by atoms with Crippen molar-refractivity contribution in [3.63, 3.8) is 0 Å². The number of aliphatic hydroxyl groups is 1. The molecule has 1 N–H and O–H groups in total. The molecule has 3 rings (SSSR count). The van der Waals surface area contributed by atoms with Crippen LogP contribution in [-0.2, 0) is 10.0 Å². The van der Waals surface area contributed by atoms with Crippen molar-refractivity contribution in [2.24, 2.45) is 0 Å². The Balaban J connectivity index is 1.84. The second kappa shape index (κ2) is 8.12. The van der Waals surface area contributed by atoms with Gasteiger partial charge in [0.15, 0.2) is 0 Å². The average Bonchev–Trinajstić information content (AvgIpc) is 2.68. The molecule has 0 unspecified atom stereocenters. The summed E-state index contributed by atoms with van der Waals surface area (Å²) in [7, 11) is -3.58. The van der Waals surface area contributed by atoms with Crippen LogP contribution in [-0.4, -0.2) is 42.3 Å². The van der Waals surface area contributed by atoms with Crippen molar-refractivity contribution in [1.82, 2.24) is 4.31 Å². The Morgan fingerprint density at radius 1 is 1.14 bits per heavy atom. The van der Waals surface area contributed by atoms with Crippen LogP contribution in [0.5, 0.6) is 0 Å². The molecule has 1 aliphatic heterocycles. The monoisotopic (exact) mass is 398 g/mol. The molecule has 0 saturated carbocycles. The normalized spacial score (nSPS) is 21.9. The topological polar surface area (TPSA) is 81.4 Å². The number of hydrogen-bond donors (Lipinski definition) is 1. The first-order valence-corrected chi connectivity index (χ1v) is 10.4. The van der Waals surface area contributed by atoms with Crippen LogP contribution in [0, 0.1) is 29.0 Å². The van der Waals surface area contributed by atoms with E-state index in [2.05, 4.69) is 11.8 Å². The van der Waals surface area contributed by atoms with Crippen molar-refractivity contribution >= 4 is 10.0 Å². The highest BCUT2D eigenvalue weighted by atomic mass is 32.2. The fraction of sp³-hybridized carbons (Fsp3) is 0.286. The third-order valence-corrected chi connectivity index (χ3v) is 6.74. The van der Waals surface area contributed by atoms with E-state index in [0.29, 0.717) is 11.1 Å². The molecule has 0 aromatic heterocycles. The molecule has 0 bridgehead atoms. The molecule has 1 fully saturated rings. The van der Waals surface area contributed by atoms with Crippen LogP contribution in [0.1, 0.15) is 29.5 Å². The number of halogens is 1. The van der Waals surface area contributed by atoms with Crippen molar-refractivity contribution in [1.29, 1.82) is 5.26 Å². The standard InChI is InChI=1S/C21H19FN2O3S/c1-2-28(26,27)24-19(13-23)21(20(24)14-25)17-11-8-15(9-12-17)7-10-16-5-3-4-6-18(16)22/h3-6,8-9,11-12,19-21,25H,2,14H2,1H3/t19-,20+,21-/m1/s1. The predicted molar refractivity (Wildman–Crippen MR) is 103 cm³/mol. The summed E-state index contributed by atoms with van der Waals surface area (Å²) in [5.74, 6) is 4.74. The zero-order chi connectivity index (χ0) is 20.3. The van der Waals surface area contributed by atoms with Crippen LogP contribution in [0.3, 0.4) is 0 Å². The molecule has 5 nitrogen and oxygen atoms in total. The number of rotatable bonds is 4. The Morgan fingerprint density at radius 3 is 2.39 bits per heavy atom. The third kappa shape index (κ3) is 3.65. The van der Waals surface area contributed by atoms with Gasteiger partial charge in [0, 0.05) is 11.5 Å². The summed E-state index contributed by atoms with van der Waals surface area (Å²) < 4.78 is 39.2. The van der Waals surface area contributed by atoms with Crippen molar-refractivity contribution in [2.75, 3.05) is 12.4 Å². The minimum atomic E-state index is -3.58. The van der Waals surface area contributed by atoms with Gasteiger partial charge in [0.25, 0.3) is 0 Å². The van der Waals surface area contributed by atoms with Crippen molar-refractivity contribution in [2.45, 2.75) is 24.9 Å². The summed E-state index contributed by atoms with van der Waals surface area (Å²) >= 11 is 0. The number of nitrogens with zero attached hydrogens (tertiary/aromatic N) is 2. The molecule has 1 heterocycles. The van der Waals surface area contributed by atoms with E-state index in [1.165, 1.54) is 13.0 Å². The zero-order valence-corrected chi connectivity index (χ0v) is 16.0. The molecule has 0 amide bonds. The van der Waals surface area contributed by atoms with E-state index < -0.39 is 28.0 Å². The Morgan fingerprint density at radius 2 is 1.82 bits per heavy atom. The molecule has 2 aromatic carbocycles. The van der Waals surface area contributed by atoms with E-state index in [1.807, 2.05) is 6.07 Å². The molecular weight excluding hydrogens is 379 g/mol. The van der Waals surface area contributed by atoms with Gasteiger partial charge >= 0.3 is 0 Å². The van der Waals surface area contributed by atoms with Crippen molar-refractivity contribution in [3.05, 3.63) is 71.0 Å². The predicted octanol–water partition coefficient (Wildman–Crippen LogP) is 2.23. The summed E-state index contributed by atoms with van der Waals surface area (Å²) in [6.07, 6.45) is 0. The van der Waals surface area contributed by atoms with Gasteiger partial charge in [-0.25, -0.2) is 12.8 Å². The number of nitriles is 1. The zero-order valence-electron chi connectivity index (χ0n) is 15.2. The van der Waals surface area contributed by atoms with Crippen molar-refractivity contribution in [3.8, 4) is 17.9 Å². The summed E-state index contributed by atoms with van der Waals surface area (Å²) in [6.45, 7) is 1.14. The lowest BCUT2D eigenvalue weighted by Crippen LogP contribution is -2.65. The first kappa shape index (κ1) is 20.0. The fourth-order valence-corrected chi connectivity index (χ4v) is 4.82. The van der Waals surface area contributed by atoms with E-state index in [9.17, 15) is 23.2 Å². The van der Waals surface area contributed by atoms with Crippen LogP contribution in [0.15, 0.2) is 48.5 Å². The smallest absolute Gasteiger partial charge is 0.215 e. The lowest BCUT2D eigenvalue weighted by molar-refractivity contribution is 0.0558. The SMILES string of the molecule is CCS(=O)(=O)N1[C@H](C#N)[C@@H](c2ccc(C#Cc3ccccc3F)cc2)[C@@H]1CO. The van der Waals surface area contributed by atoms with Gasteiger partial charge in [0.05, 0.1) is 30.0 Å². The second-order valence-corrected chi connectivity index (χ2v) is 8.59. The fourth-order valence-electron chi connectivity index (χ4n) is 3.39. The maximum absolute atomic E-state index is 13.6. The van der Waals surface area contributed by atoms with Crippen LogP contribution in [0.4, 0.5) is 4.39 Å². The van der Waals surface area contributed by atoms with Gasteiger partial charge in [-0.1, -0.05) is 36.1 Å². The van der Waals surface area contributed by atoms with Gasteiger partial charge < -0.3 is 5.11 Å². The quantitative estimate of drug-likeness (QED) is 0.801. The van der Waals surface area contributed by atoms with Gasteiger partial charge in [-0.05, 0) is 36.8 Å². The Bertz CT molecular complexity index is 1070. The number of benzene rings is 2. The second-order valence-electron chi connectivity index (χ2n) is 6.43. The highest BCUT2D eigenvalue weighted by molar-refractivity contribution is 7.89. The van der Waals surface area contributed by atoms with Crippen LogP contribution in [0.2, 0.25) is 0 Å². The highest BCUT2D eigenvalue weighted by Crippen LogP contribution is 2.42. The summed E-state index contributed by atoms with van der Waals surface area (Å²) in [5.41, 5.74) is 1.72. The van der Waals surface area contributed by atoms with Gasteiger partial charge in [-0.3, -0.25) is 0 Å².